The third-order valence-corrected chi connectivity index (χ3v) is 4.28. The number of esters is 1. The van der Waals surface area contributed by atoms with Crippen LogP contribution in [0.2, 0.25) is 0 Å². The number of carbonyl (C=O) groups excluding carboxylic acids is 1. The van der Waals surface area contributed by atoms with Gasteiger partial charge in [0.05, 0.1) is 12.0 Å². The van der Waals surface area contributed by atoms with Crippen molar-refractivity contribution in [3.05, 3.63) is 30.3 Å². The zero-order chi connectivity index (χ0) is 11.8. The summed E-state index contributed by atoms with van der Waals surface area (Å²) in [6.07, 6.45) is 0. The Labute approximate surface area is 93.7 Å². The summed E-state index contributed by atoms with van der Waals surface area (Å²) >= 11 is 0. The Hall–Kier alpha value is -1.40. The van der Waals surface area contributed by atoms with Gasteiger partial charge in [-0.1, -0.05) is 18.2 Å². The first kappa shape index (κ1) is 11.1. The fourth-order valence-corrected chi connectivity index (χ4v) is 2.98. The standard InChI is InChI=1S/C10H11NO4S/c1-15-10(12)9-7-11(9)16(13,14)8-5-3-2-4-6-8/h2-6,9H,7H2,1H3/t9-,11?/m0/s1. The number of hydrogen-bond donors (Lipinski definition) is 0. The van der Waals surface area contributed by atoms with Gasteiger partial charge in [-0.05, 0) is 12.1 Å². The molecule has 1 aromatic rings. The third-order valence-electron chi connectivity index (χ3n) is 2.39. The molecule has 2 atom stereocenters. The Morgan fingerprint density at radius 2 is 2.00 bits per heavy atom. The first-order valence-electron chi connectivity index (χ1n) is 4.72. The van der Waals surface area contributed by atoms with Gasteiger partial charge in [0, 0.05) is 6.54 Å². The first-order valence-corrected chi connectivity index (χ1v) is 6.16. The van der Waals surface area contributed by atoms with Crippen LogP contribution in [0.4, 0.5) is 0 Å². The van der Waals surface area contributed by atoms with Crippen LogP contribution < -0.4 is 0 Å². The van der Waals surface area contributed by atoms with Gasteiger partial charge in [0.1, 0.15) is 6.04 Å². The topological polar surface area (TPSA) is 63.5 Å². The fourth-order valence-electron chi connectivity index (χ4n) is 1.44. The minimum atomic E-state index is -3.54. The van der Waals surface area contributed by atoms with E-state index in [1.807, 2.05) is 0 Å². The number of benzene rings is 1. The van der Waals surface area contributed by atoms with Gasteiger partial charge in [0.2, 0.25) is 10.0 Å². The van der Waals surface area contributed by atoms with Crippen molar-refractivity contribution in [1.82, 2.24) is 4.31 Å². The van der Waals surface area contributed by atoms with Gasteiger partial charge in [-0.25, -0.2) is 8.42 Å². The predicted octanol–water partition coefficient (Wildman–Crippen LogP) is 0.232. The second kappa shape index (κ2) is 3.88. The number of carbonyl (C=O) groups is 1. The molecule has 0 aromatic heterocycles. The molecule has 0 saturated carbocycles. The van der Waals surface area contributed by atoms with E-state index in [2.05, 4.69) is 4.74 Å². The normalized spacial score (nSPS) is 23.8. The molecule has 86 valence electrons. The molecule has 1 aromatic carbocycles. The van der Waals surface area contributed by atoms with E-state index in [4.69, 9.17) is 0 Å². The maximum atomic E-state index is 11.9. The zero-order valence-electron chi connectivity index (χ0n) is 8.66. The molecule has 0 N–H and O–H groups in total. The lowest BCUT2D eigenvalue weighted by Gasteiger charge is -2.04. The molecule has 5 nitrogen and oxygen atoms in total. The second-order valence-corrected chi connectivity index (χ2v) is 5.32. The van der Waals surface area contributed by atoms with Crippen molar-refractivity contribution in [2.75, 3.05) is 13.7 Å². The van der Waals surface area contributed by atoms with Gasteiger partial charge in [-0.15, -0.1) is 0 Å². The third kappa shape index (κ3) is 1.81. The van der Waals surface area contributed by atoms with Crippen LogP contribution in [0.3, 0.4) is 0 Å². The van der Waals surface area contributed by atoms with E-state index in [0.29, 0.717) is 0 Å². The summed E-state index contributed by atoms with van der Waals surface area (Å²) in [5, 5.41) is 0. The lowest BCUT2D eigenvalue weighted by Crippen LogP contribution is -2.20. The highest BCUT2D eigenvalue weighted by Crippen LogP contribution is 2.28. The number of rotatable bonds is 3. The Kier molecular flexibility index (Phi) is 2.69. The van der Waals surface area contributed by atoms with Crippen LogP contribution >= 0.6 is 0 Å². The van der Waals surface area contributed by atoms with Gasteiger partial charge in [0.15, 0.2) is 0 Å². The van der Waals surface area contributed by atoms with Crippen LogP contribution in [0, 0.1) is 0 Å². The summed E-state index contributed by atoms with van der Waals surface area (Å²) in [7, 11) is -2.29. The lowest BCUT2D eigenvalue weighted by atomic mass is 10.4. The van der Waals surface area contributed by atoms with Crippen LogP contribution in [0.15, 0.2) is 35.2 Å². The molecule has 0 spiro atoms. The molecule has 0 radical (unpaired) electrons. The fraction of sp³-hybridized carbons (Fsp3) is 0.300. The largest absolute Gasteiger partial charge is 0.468 e. The number of ether oxygens (including phenoxy) is 1. The molecule has 1 fully saturated rings. The lowest BCUT2D eigenvalue weighted by molar-refractivity contribution is -0.140. The molecule has 6 heteroatoms. The summed E-state index contributed by atoms with van der Waals surface area (Å²) in [6.45, 7) is 0.198. The van der Waals surface area contributed by atoms with Crippen LogP contribution in [-0.4, -0.2) is 38.4 Å². The highest BCUT2D eigenvalue weighted by Gasteiger charge is 2.50. The quantitative estimate of drug-likeness (QED) is 0.561. The van der Waals surface area contributed by atoms with Gasteiger partial charge in [-0.3, -0.25) is 4.79 Å². The monoisotopic (exact) mass is 241 g/mol. The van der Waals surface area contributed by atoms with E-state index in [0.717, 1.165) is 4.31 Å². The average Bonchev–Trinajstić information content (AvgIpc) is 3.10. The van der Waals surface area contributed by atoms with E-state index in [1.54, 1.807) is 18.2 Å². The minimum absolute atomic E-state index is 0.196. The summed E-state index contributed by atoms with van der Waals surface area (Å²) in [5.41, 5.74) is 0. The van der Waals surface area contributed by atoms with Gasteiger partial charge in [0.25, 0.3) is 0 Å². The van der Waals surface area contributed by atoms with Gasteiger partial charge < -0.3 is 4.74 Å². The van der Waals surface area contributed by atoms with Crippen LogP contribution in [0.1, 0.15) is 0 Å². The molecular formula is C10H11NO4S. The SMILES string of the molecule is COC(=O)[C@@H]1CN1S(=O)(=O)c1ccccc1. The van der Waals surface area contributed by atoms with Crippen molar-refractivity contribution in [2.45, 2.75) is 10.9 Å². The van der Waals surface area contributed by atoms with Crippen LogP contribution in [0.25, 0.3) is 0 Å². The molecule has 0 amide bonds. The minimum Gasteiger partial charge on any atom is -0.468 e. The average molecular weight is 241 g/mol. The first-order chi connectivity index (χ1) is 7.57. The van der Waals surface area contributed by atoms with E-state index in [1.165, 1.54) is 19.2 Å². The molecule has 2 rings (SSSR count). The molecule has 1 aliphatic rings. The number of methoxy groups -OCH3 is 1. The van der Waals surface area contributed by atoms with E-state index >= 15 is 0 Å². The van der Waals surface area contributed by atoms with Crippen molar-refractivity contribution < 1.29 is 17.9 Å². The van der Waals surface area contributed by atoms with Crippen molar-refractivity contribution >= 4 is 16.0 Å². The number of hydrogen-bond acceptors (Lipinski definition) is 4. The highest BCUT2D eigenvalue weighted by atomic mass is 32.2. The maximum absolute atomic E-state index is 11.9. The second-order valence-electron chi connectivity index (χ2n) is 3.43. The van der Waals surface area contributed by atoms with Crippen molar-refractivity contribution in [3.8, 4) is 0 Å². The highest BCUT2D eigenvalue weighted by molar-refractivity contribution is 7.89. The maximum Gasteiger partial charge on any atom is 0.325 e. The smallest absolute Gasteiger partial charge is 0.325 e. The number of sulfonamides is 1. The van der Waals surface area contributed by atoms with Crippen molar-refractivity contribution in [1.29, 1.82) is 0 Å². The zero-order valence-corrected chi connectivity index (χ0v) is 9.48. The van der Waals surface area contributed by atoms with E-state index in [-0.39, 0.29) is 11.4 Å². The molecule has 1 heterocycles. The summed E-state index contributed by atoms with van der Waals surface area (Å²) in [6, 6.07) is 7.37. The van der Waals surface area contributed by atoms with Gasteiger partial charge >= 0.3 is 5.97 Å². The number of nitrogens with zero attached hydrogens (tertiary/aromatic N) is 1. The summed E-state index contributed by atoms with van der Waals surface area (Å²) in [4.78, 5) is 11.3. The Morgan fingerprint density at radius 1 is 1.38 bits per heavy atom. The van der Waals surface area contributed by atoms with Crippen LogP contribution in [-0.2, 0) is 19.6 Å². The Bertz CT molecular complexity index is 497. The molecule has 1 aliphatic heterocycles. The van der Waals surface area contributed by atoms with Crippen molar-refractivity contribution in [2.24, 2.45) is 0 Å². The van der Waals surface area contributed by atoms with E-state index in [9.17, 15) is 13.2 Å². The molecule has 1 saturated heterocycles. The molecule has 0 bridgehead atoms. The van der Waals surface area contributed by atoms with Crippen molar-refractivity contribution in [3.63, 3.8) is 0 Å². The Morgan fingerprint density at radius 3 is 2.56 bits per heavy atom. The molecule has 1 unspecified atom stereocenters. The van der Waals surface area contributed by atoms with E-state index < -0.39 is 22.0 Å². The summed E-state index contributed by atoms with van der Waals surface area (Å²) in [5.74, 6) is -0.514. The van der Waals surface area contributed by atoms with Crippen LogP contribution in [0.5, 0.6) is 0 Å². The molecular weight excluding hydrogens is 230 g/mol. The predicted molar refractivity (Wildman–Crippen MR) is 56.1 cm³/mol. The summed E-state index contributed by atoms with van der Waals surface area (Å²) < 4.78 is 29.5. The van der Waals surface area contributed by atoms with Gasteiger partial charge in [-0.2, -0.15) is 4.31 Å². The molecule has 0 aliphatic carbocycles. The molecule has 16 heavy (non-hydrogen) atoms. The Balaban J connectivity index is 2.21.